The van der Waals surface area contributed by atoms with Crippen LogP contribution in [0.2, 0.25) is 0 Å². The monoisotopic (exact) mass is 366 g/mol. The molecule has 0 radical (unpaired) electrons. The van der Waals surface area contributed by atoms with E-state index in [2.05, 4.69) is 46.8 Å². The molecule has 1 aromatic heterocycles. The van der Waals surface area contributed by atoms with Crippen LogP contribution in [0.3, 0.4) is 0 Å². The van der Waals surface area contributed by atoms with Gasteiger partial charge in [0.15, 0.2) is 0 Å². The number of carbonyl (C=O) groups excluding carboxylic acids is 1. The molecule has 1 aliphatic rings. The van der Waals surface area contributed by atoms with E-state index >= 15 is 0 Å². The Labute approximate surface area is 162 Å². The number of aryl methyl sites for hydroxylation is 1. The standard InChI is InChI=1S/C22H30N4O/c1-5-24(6-2)22(27)19-10-11-21(23-16-19)26-14-12-25(13-15-26)20-9-7-8-17(3)18(20)4/h7-11,16H,5-6,12-15H2,1-4H3. The lowest BCUT2D eigenvalue weighted by Gasteiger charge is -2.37. The number of aromatic nitrogens is 1. The Morgan fingerprint density at radius 3 is 2.26 bits per heavy atom. The molecule has 1 aliphatic heterocycles. The van der Waals surface area contributed by atoms with Crippen LogP contribution in [-0.4, -0.2) is 55.1 Å². The van der Waals surface area contributed by atoms with E-state index in [0.29, 0.717) is 5.56 Å². The van der Waals surface area contributed by atoms with E-state index in [-0.39, 0.29) is 5.91 Å². The van der Waals surface area contributed by atoms with Crippen molar-refractivity contribution in [2.75, 3.05) is 49.1 Å². The molecule has 3 rings (SSSR count). The van der Waals surface area contributed by atoms with Crippen LogP contribution in [-0.2, 0) is 0 Å². The molecule has 144 valence electrons. The highest BCUT2D eigenvalue weighted by Crippen LogP contribution is 2.25. The van der Waals surface area contributed by atoms with Crippen molar-refractivity contribution in [1.82, 2.24) is 9.88 Å². The summed E-state index contributed by atoms with van der Waals surface area (Å²) in [4.78, 5) is 23.6. The maximum absolute atomic E-state index is 12.4. The minimum absolute atomic E-state index is 0.0544. The van der Waals surface area contributed by atoms with Gasteiger partial charge in [-0.1, -0.05) is 12.1 Å². The smallest absolute Gasteiger partial charge is 0.255 e. The number of piperazine rings is 1. The zero-order valence-corrected chi connectivity index (χ0v) is 16.9. The summed E-state index contributed by atoms with van der Waals surface area (Å²) in [6.45, 7) is 13.6. The van der Waals surface area contributed by atoms with Gasteiger partial charge in [0.1, 0.15) is 5.82 Å². The first kappa shape index (κ1) is 19.2. The van der Waals surface area contributed by atoms with Crippen LogP contribution < -0.4 is 9.80 Å². The molecule has 0 saturated carbocycles. The van der Waals surface area contributed by atoms with Gasteiger partial charge in [-0.15, -0.1) is 0 Å². The van der Waals surface area contributed by atoms with Gasteiger partial charge in [-0.2, -0.15) is 0 Å². The van der Waals surface area contributed by atoms with Gasteiger partial charge in [-0.25, -0.2) is 4.98 Å². The summed E-state index contributed by atoms with van der Waals surface area (Å²) in [7, 11) is 0. The fourth-order valence-corrected chi connectivity index (χ4v) is 3.65. The lowest BCUT2D eigenvalue weighted by Crippen LogP contribution is -2.47. The molecule has 27 heavy (non-hydrogen) atoms. The molecule has 0 bridgehead atoms. The summed E-state index contributed by atoms with van der Waals surface area (Å²) in [6, 6.07) is 10.4. The van der Waals surface area contributed by atoms with Gasteiger partial charge in [-0.05, 0) is 57.0 Å². The van der Waals surface area contributed by atoms with Gasteiger partial charge < -0.3 is 14.7 Å². The molecule has 1 saturated heterocycles. The van der Waals surface area contributed by atoms with Crippen molar-refractivity contribution in [2.24, 2.45) is 0 Å². The fourth-order valence-electron chi connectivity index (χ4n) is 3.65. The Balaban J connectivity index is 1.64. The molecule has 5 heteroatoms. The first-order valence-electron chi connectivity index (χ1n) is 9.86. The molecular weight excluding hydrogens is 336 g/mol. The molecule has 5 nitrogen and oxygen atoms in total. The van der Waals surface area contributed by atoms with Crippen LogP contribution in [0.4, 0.5) is 11.5 Å². The second-order valence-corrected chi connectivity index (χ2v) is 7.08. The Kier molecular flexibility index (Phi) is 5.99. The second kappa shape index (κ2) is 8.42. The number of pyridine rings is 1. The molecule has 2 heterocycles. The SMILES string of the molecule is CCN(CC)C(=O)c1ccc(N2CCN(c3cccc(C)c3C)CC2)nc1. The zero-order chi connectivity index (χ0) is 19.4. The van der Waals surface area contributed by atoms with Gasteiger partial charge in [0.25, 0.3) is 5.91 Å². The van der Waals surface area contributed by atoms with Crippen molar-refractivity contribution < 1.29 is 4.79 Å². The summed E-state index contributed by atoms with van der Waals surface area (Å²) in [5.41, 5.74) is 4.70. The normalized spacial score (nSPS) is 14.4. The van der Waals surface area contributed by atoms with Gasteiger partial charge in [0, 0.05) is 51.2 Å². The molecule has 0 atom stereocenters. The predicted molar refractivity (Wildman–Crippen MR) is 112 cm³/mol. The molecule has 0 spiro atoms. The third-order valence-electron chi connectivity index (χ3n) is 5.57. The van der Waals surface area contributed by atoms with E-state index in [1.807, 2.05) is 30.9 Å². The number of hydrogen-bond acceptors (Lipinski definition) is 4. The van der Waals surface area contributed by atoms with Crippen molar-refractivity contribution in [3.63, 3.8) is 0 Å². The van der Waals surface area contributed by atoms with E-state index in [4.69, 9.17) is 0 Å². The molecule has 1 amide bonds. The third kappa shape index (κ3) is 4.07. The number of anilines is 2. The summed E-state index contributed by atoms with van der Waals surface area (Å²) in [5, 5.41) is 0. The van der Waals surface area contributed by atoms with Crippen molar-refractivity contribution in [3.8, 4) is 0 Å². The molecule has 1 aromatic carbocycles. The zero-order valence-electron chi connectivity index (χ0n) is 16.9. The summed E-state index contributed by atoms with van der Waals surface area (Å²) >= 11 is 0. The Morgan fingerprint density at radius 1 is 1.00 bits per heavy atom. The van der Waals surface area contributed by atoms with E-state index < -0.39 is 0 Å². The van der Waals surface area contributed by atoms with E-state index in [1.54, 1.807) is 6.20 Å². The summed E-state index contributed by atoms with van der Waals surface area (Å²) < 4.78 is 0. The van der Waals surface area contributed by atoms with Crippen LogP contribution in [0.15, 0.2) is 36.5 Å². The number of amides is 1. The van der Waals surface area contributed by atoms with Crippen LogP contribution in [0, 0.1) is 13.8 Å². The average molecular weight is 367 g/mol. The molecule has 0 N–H and O–H groups in total. The average Bonchev–Trinajstić information content (AvgIpc) is 2.71. The highest BCUT2D eigenvalue weighted by atomic mass is 16.2. The Morgan fingerprint density at radius 2 is 1.67 bits per heavy atom. The van der Waals surface area contributed by atoms with Crippen molar-refractivity contribution >= 4 is 17.4 Å². The van der Waals surface area contributed by atoms with Gasteiger partial charge in [-0.3, -0.25) is 4.79 Å². The molecule has 2 aromatic rings. The quantitative estimate of drug-likeness (QED) is 0.812. The van der Waals surface area contributed by atoms with Crippen LogP contribution in [0.1, 0.15) is 35.3 Å². The van der Waals surface area contributed by atoms with Gasteiger partial charge in [0.05, 0.1) is 5.56 Å². The van der Waals surface area contributed by atoms with E-state index in [1.165, 1.54) is 16.8 Å². The first-order valence-corrected chi connectivity index (χ1v) is 9.86. The fraction of sp³-hybridized carbons (Fsp3) is 0.455. The maximum atomic E-state index is 12.4. The van der Waals surface area contributed by atoms with E-state index in [0.717, 1.165) is 45.1 Å². The van der Waals surface area contributed by atoms with Gasteiger partial charge in [0.2, 0.25) is 0 Å². The van der Waals surface area contributed by atoms with Crippen molar-refractivity contribution in [2.45, 2.75) is 27.7 Å². The minimum atomic E-state index is 0.0544. The highest BCUT2D eigenvalue weighted by Gasteiger charge is 2.20. The molecule has 0 unspecified atom stereocenters. The predicted octanol–water partition coefficient (Wildman–Crippen LogP) is 3.51. The minimum Gasteiger partial charge on any atom is -0.368 e. The number of nitrogens with zero attached hydrogens (tertiary/aromatic N) is 4. The number of carbonyl (C=O) groups is 1. The Bertz CT molecular complexity index is 775. The van der Waals surface area contributed by atoms with Gasteiger partial charge >= 0.3 is 0 Å². The van der Waals surface area contributed by atoms with Crippen molar-refractivity contribution in [3.05, 3.63) is 53.2 Å². The molecule has 1 fully saturated rings. The summed E-state index contributed by atoms with van der Waals surface area (Å²) in [6.07, 6.45) is 1.72. The second-order valence-electron chi connectivity index (χ2n) is 7.08. The van der Waals surface area contributed by atoms with Crippen LogP contribution in [0.5, 0.6) is 0 Å². The highest BCUT2D eigenvalue weighted by molar-refractivity contribution is 5.94. The number of hydrogen-bond donors (Lipinski definition) is 0. The summed E-state index contributed by atoms with van der Waals surface area (Å²) in [5.74, 6) is 1.01. The first-order chi connectivity index (χ1) is 13.0. The number of rotatable bonds is 5. The lowest BCUT2D eigenvalue weighted by molar-refractivity contribution is 0.0772. The van der Waals surface area contributed by atoms with Crippen LogP contribution in [0.25, 0.3) is 0 Å². The topological polar surface area (TPSA) is 39.7 Å². The molecule has 0 aliphatic carbocycles. The van der Waals surface area contributed by atoms with E-state index in [9.17, 15) is 4.79 Å². The largest absolute Gasteiger partial charge is 0.368 e. The molecular formula is C22H30N4O. The third-order valence-corrected chi connectivity index (χ3v) is 5.57. The maximum Gasteiger partial charge on any atom is 0.255 e. The van der Waals surface area contributed by atoms with Crippen molar-refractivity contribution in [1.29, 1.82) is 0 Å². The number of benzene rings is 1. The lowest BCUT2D eigenvalue weighted by atomic mass is 10.1. The van der Waals surface area contributed by atoms with Crippen LogP contribution >= 0.6 is 0 Å². The Hall–Kier alpha value is -2.56.